The summed E-state index contributed by atoms with van der Waals surface area (Å²) in [5.74, 6) is 0. The molecule has 0 aliphatic heterocycles. The van der Waals surface area contributed by atoms with Gasteiger partial charge < -0.3 is 5.73 Å². The molecule has 1 atom stereocenters. The van der Waals surface area contributed by atoms with Gasteiger partial charge in [-0.25, -0.2) is 4.68 Å². The van der Waals surface area contributed by atoms with Crippen molar-refractivity contribution in [2.75, 3.05) is 0 Å². The molecule has 17 heavy (non-hydrogen) atoms. The first-order valence-electron chi connectivity index (χ1n) is 6.06. The van der Waals surface area contributed by atoms with Crippen LogP contribution in [0.25, 0.3) is 5.69 Å². The van der Waals surface area contributed by atoms with Crippen LogP contribution in [0, 0.1) is 6.92 Å². The summed E-state index contributed by atoms with van der Waals surface area (Å²) in [6, 6.07) is 8.52. The zero-order valence-electron chi connectivity index (χ0n) is 10.4. The third kappa shape index (κ3) is 2.74. The maximum absolute atomic E-state index is 6.03. The molecule has 3 nitrogen and oxygen atoms in total. The van der Waals surface area contributed by atoms with Gasteiger partial charge in [0.15, 0.2) is 0 Å². The second-order valence-corrected chi connectivity index (χ2v) is 4.46. The number of benzene rings is 1. The Kier molecular flexibility index (Phi) is 3.59. The number of aromatic nitrogens is 2. The van der Waals surface area contributed by atoms with Gasteiger partial charge in [-0.1, -0.05) is 25.1 Å². The third-order valence-corrected chi connectivity index (χ3v) is 2.96. The topological polar surface area (TPSA) is 43.8 Å². The Morgan fingerprint density at radius 1 is 1.35 bits per heavy atom. The van der Waals surface area contributed by atoms with Gasteiger partial charge in [0.2, 0.25) is 0 Å². The summed E-state index contributed by atoms with van der Waals surface area (Å²) in [6.07, 6.45) is 5.80. The normalized spacial score (nSPS) is 12.6. The summed E-state index contributed by atoms with van der Waals surface area (Å²) in [5, 5.41) is 4.36. The third-order valence-electron chi connectivity index (χ3n) is 2.96. The molecule has 0 bridgehead atoms. The van der Waals surface area contributed by atoms with Crippen molar-refractivity contribution in [1.82, 2.24) is 9.78 Å². The molecule has 0 fully saturated rings. The summed E-state index contributed by atoms with van der Waals surface area (Å²) in [7, 11) is 0. The second kappa shape index (κ2) is 5.15. The average Bonchev–Trinajstić information content (AvgIpc) is 2.76. The first-order valence-corrected chi connectivity index (χ1v) is 6.06. The number of nitrogens with zero attached hydrogens (tertiary/aromatic N) is 2. The minimum absolute atomic E-state index is 0.216. The van der Waals surface area contributed by atoms with Gasteiger partial charge in [-0.15, -0.1) is 0 Å². The Morgan fingerprint density at radius 2 is 2.12 bits per heavy atom. The van der Waals surface area contributed by atoms with Crippen LogP contribution in [0.4, 0.5) is 0 Å². The van der Waals surface area contributed by atoms with Crippen molar-refractivity contribution in [1.29, 1.82) is 0 Å². The Hall–Kier alpha value is -1.61. The highest BCUT2D eigenvalue weighted by atomic mass is 15.3. The lowest BCUT2D eigenvalue weighted by Crippen LogP contribution is -2.22. The van der Waals surface area contributed by atoms with Crippen molar-refractivity contribution >= 4 is 0 Å². The van der Waals surface area contributed by atoms with E-state index in [-0.39, 0.29) is 6.04 Å². The molecule has 3 heteroatoms. The van der Waals surface area contributed by atoms with Crippen LogP contribution in [0.1, 0.15) is 24.5 Å². The molecule has 2 rings (SSSR count). The molecule has 1 aromatic heterocycles. The van der Waals surface area contributed by atoms with Gasteiger partial charge in [-0.3, -0.25) is 0 Å². The number of rotatable bonds is 4. The van der Waals surface area contributed by atoms with Crippen LogP contribution >= 0.6 is 0 Å². The number of para-hydroxylation sites is 1. The van der Waals surface area contributed by atoms with Crippen LogP contribution in [-0.4, -0.2) is 15.8 Å². The molecule has 1 heterocycles. The standard InChI is InChI=1S/C14H19N3/c1-3-13(15)8-12-6-4-5-7-14(12)17-10-11(2)9-16-17/h4-7,9-10,13H,3,8,15H2,1-2H3. The molecule has 1 aromatic carbocycles. The summed E-state index contributed by atoms with van der Waals surface area (Å²) >= 11 is 0. The predicted molar refractivity (Wildman–Crippen MR) is 70.3 cm³/mol. The SMILES string of the molecule is CCC(N)Cc1ccccc1-n1cc(C)cn1. The Bertz CT molecular complexity index is 488. The number of hydrogen-bond donors (Lipinski definition) is 1. The van der Waals surface area contributed by atoms with E-state index in [0.29, 0.717) is 0 Å². The molecule has 0 amide bonds. The van der Waals surface area contributed by atoms with Gasteiger partial charge in [0.1, 0.15) is 0 Å². The number of aryl methyl sites for hydroxylation is 1. The molecule has 0 aliphatic rings. The van der Waals surface area contributed by atoms with Gasteiger partial charge in [-0.2, -0.15) is 5.10 Å². The quantitative estimate of drug-likeness (QED) is 0.875. The van der Waals surface area contributed by atoms with Crippen molar-refractivity contribution in [2.24, 2.45) is 5.73 Å². The Morgan fingerprint density at radius 3 is 2.76 bits per heavy atom. The summed E-state index contributed by atoms with van der Waals surface area (Å²) in [4.78, 5) is 0. The predicted octanol–water partition coefficient (Wildman–Crippen LogP) is 2.46. The molecular weight excluding hydrogens is 210 g/mol. The van der Waals surface area contributed by atoms with E-state index in [4.69, 9.17) is 5.73 Å². The van der Waals surface area contributed by atoms with E-state index >= 15 is 0 Å². The zero-order chi connectivity index (χ0) is 12.3. The number of nitrogens with two attached hydrogens (primary N) is 1. The van der Waals surface area contributed by atoms with Crippen LogP contribution in [0.2, 0.25) is 0 Å². The lowest BCUT2D eigenvalue weighted by Gasteiger charge is -2.13. The highest BCUT2D eigenvalue weighted by Gasteiger charge is 2.08. The summed E-state index contributed by atoms with van der Waals surface area (Å²) < 4.78 is 1.92. The Balaban J connectivity index is 2.33. The first-order chi connectivity index (χ1) is 8.20. The molecule has 1 unspecified atom stereocenters. The first kappa shape index (κ1) is 11.9. The second-order valence-electron chi connectivity index (χ2n) is 4.46. The lowest BCUT2D eigenvalue weighted by molar-refractivity contribution is 0.642. The van der Waals surface area contributed by atoms with Gasteiger partial charge in [-0.05, 0) is 37.0 Å². The van der Waals surface area contributed by atoms with E-state index in [1.165, 1.54) is 11.1 Å². The van der Waals surface area contributed by atoms with Crippen LogP contribution in [-0.2, 0) is 6.42 Å². The monoisotopic (exact) mass is 229 g/mol. The van der Waals surface area contributed by atoms with Gasteiger partial charge in [0.25, 0.3) is 0 Å². The Labute approximate surface area is 102 Å². The summed E-state index contributed by atoms with van der Waals surface area (Å²) in [5.41, 5.74) is 9.58. The maximum atomic E-state index is 6.03. The van der Waals surface area contributed by atoms with Crippen LogP contribution in [0.3, 0.4) is 0 Å². The van der Waals surface area contributed by atoms with Crippen LogP contribution in [0.5, 0.6) is 0 Å². The minimum Gasteiger partial charge on any atom is -0.327 e. The van der Waals surface area contributed by atoms with Crippen molar-refractivity contribution in [3.63, 3.8) is 0 Å². The van der Waals surface area contributed by atoms with Gasteiger partial charge in [0, 0.05) is 12.2 Å². The fourth-order valence-electron chi connectivity index (χ4n) is 1.88. The average molecular weight is 229 g/mol. The molecule has 2 N–H and O–H groups in total. The summed E-state index contributed by atoms with van der Waals surface area (Å²) in [6.45, 7) is 4.16. The van der Waals surface area contributed by atoms with Crippen molar-refractivity contribution in [2.45, 2.75) is 32.7 Å². The molecule has 0 spiro atoms. The highest BCUT2D eigenvalue weighted by Crippen LogP contribution is 2.16. The van der Waals surface area contributed by atoms with E-state index < -0.39 is 0 Å². The maximum Gasteiger partial charge on any atom is 0.0678 e. The fourth-order valence-corrected chi connectivity index (χ4v) is 1.88. The van der Waals surface area contributed by atoms with E-state index in [1.54, 1.807) is 0 Å². The van der Waals surface area contributed by atoms with E-state index in [0.717, 1.165) is 18.5 Å². The van der Waals surface area contributed by atoms with Crippen LogP contribution < -0.4 is 5.73 Å². The molecule has 0 aliphatic carbocycles. The molecule has 0 saturated heterocycles. The van der Waals surface area contributed by atoms with Crippen molar-refractivity contribution in [3.8, 4) is 5.69 Å². The van der Waals surface area contributed by atoms with E-state index in [1.807, 2.05) is 30.1 Å². The smallest absolute Gasteiger partial charge is 0.0678 e. The molecular formula is C14H19N3. The number of hydrogen-bond acceptors (Lipinski definition) is 2. The highest BCUT2D eigenvalue weighted by molar-refractivity contribution is 5.41. The molecule has 0 saturated carbocycles. The zero-order valence-corrected chi connectivity index (χ0v) is 10.4. The molecule has 0 radical (unpaired) electrons. The van der Waals surface area contributed by atoms with E-state index in [9.17, 15) is 0 Å². The molecule has 90 valence electrons. The minimum atomic E-state index is 0.216. The lowest BCUT2D eigenvalue weighted by atomic mass is 10.0. The molecule has 2 aromatic rings. The van der Waals surface area contributed by atoms with Gasteiger partial charge in [0.05, 0.1) is 11.9 Å². The van der Waals surface area contributed by atoms with E-state index in [2.05, 4.69) is 30.2 Å². The largest absolute Gasteiger partial charge is 0.327 e. The van der Waals surface area contributed by atoms with Crippen molar-refractivity contribution in [3.05, 3.63) is 47.8 Å². The van der Waals surface area contributed by atoms with Crippen molar-refractivity contribution < 1.29 is 0 Å². The van der Waals surface area contributed by atoms with Gasteiger partial charge >= 0.3 is 0 Å². The van der Waals surface area contributed by atoms with Crippen LogP contribution in [0.15, 0.2) is 36.7 Å². The fraction of sp³-hybridized carbons (Fsp3) is 0.357.